The van der Waals surface area contributed by atoms with Crippen molar-refractivity contribution in [2.45, 2.75) is 13.8 Å². The Kier molecular flexibility index (Phi) is 9.42. The van der Waals surface area contributed by atoms with Crippen molar-refractivity contribution in [1.29, 1.82) is 0 Å². The number of ether oxygens (including phenoxy) is 1. The van der Waals surface area contributed by atoms with Gasteiger partial charge >= 0.3 is 11.9 Å². The van der Waals surface area contributed by atoms with Gasteiger partial charge in [-0.25, -0.2) is 9.59 Å². The normalized spacial score (nSPS) is 9.96. The summed E-state index contributed by atoms with van der Waals surface area (Å²) in [7, 11) is 0. The van der Waals surface area contributed by atoms with Gasteiger partial charge in [-0.2, -0.15) is 0 Å². The number of benzene rings is 1. The van der Waals surface area contributed by atoms with Gasteiger partial charge in [0.05, 0.1) is 11.1 Å². The molecule has 0 atom stereocenters. The fourth-order valence-electron chi connectivity index (χ4n) is 2.00. The molecule has 2 aromatic rings. The van der Waals surface area contributed by atoms with E-state index in [0.717, 1.165) is 19.6 Å². The average molecular weight is 359 g/mol. The second kappa shape index (κ2) is 11.6. The number of hydrogen-bond donors (Lipinski definition) is 2. The number of nitrogens with zero attached hydrogens (tertiary/aromatic N) is 2. The third-order valence-electron chi connectivity index (χ3n) is 3.59. The van der Waals surface area contributed by atoms with E-state index >= 15 is 0 Å². The number of pyridine rings is 1. The number of carboxylic acid groups (broad SMARTS) is 1. The van der Waals surface area contributed by atoms with E-state index in [1.54, 1.807) is 30.3 Å². The van der Waals surface area contributed by atoms with Crippen LogP contribution in [0.4, 0.5) is 5.69 Å². The van der Waals surface area contributed by atoms with Gasteiger partial charge in [0.25, 0.3) is 0 Å². The molecular weight excluding hydrogens is 334 g/mol. The highest BCUT2D eigenvalue weighted by atomic mass is 16.5. The molecule has 0 saturated heterocycles. The van der Waals surface area contributed by atoms with Crippen LogP contribution in [-0.4, -0.2) is 53.2 Å². The quantitative estimate of drug-likeness (QED) is 0.578. The molecule has 1 heterocycles. The van der Waals surface area contributed by atoms with Crippen LogP contribution in [0.5, 0.6) is 0 Å². The Balaban J connectivity index is 0.000000314. The van der Waals surface area contributed by atoms with Crippen LogP contribution in [0, 0.1) is 0 Å². The van der Waals surface area contributed by atoms with Crippen molar-refractivity contribution in [3.8, 4) is 0 Å². The van der Waals surface area contributed by atoms with Gasteiger partial charge < -0.3 is 20.5 Å². The second-order valence-corrected chi connectivity index (χ2v) is 5.33. The lowest BCUT2D eigenvalue weighted by Gasteiger charge is -2.17. The lowest BCUT2D eigenvalue weighted by Crippen LogP contribution is -2.27. The van der Waals surface area contributed by atoms with E-state index in [-0.39, 0.29) is 11.5 Å². The van der Waals surface area contributed by atoms with Crippen molar-refractivity contribution in [3.63, 3.8) is 0 Å². The molecule has 1 aromatic heterocycles. The first-order chi connectivity index (χ1) is 12.5. The number of nitrogens with two attached hydrogens (primary N) is 1. The standard InChI is InChI=1S/C13H20N2O2.C6H5NO2/c1-3-15(4-2)9-10-17-13(16)11-5-7-12(14)8-6-11;8-6(9)5-2-1-3-7-4-5/h5-8H,3-4,9-10,14H2,1-2H3;1-4H,(H,8,9). The fourth-order valence-corrected chi connectivity index (χ4v) is 2.00. The Morgan fingerprint density at radius 1 is 1.12 bits per heavy atom. The highest BCUT2D eigenvalue weighted by molar-refractivity contribution is 5.89. The van der Waals surface area contributed by atoms with Gasteiger partial charge in [0.2, 0.25) is 0 Å². The second-order valence-electron chi connectivity index (χ2n) is 5.33. The first-order valence-electron chi connectivity index (χ1n) is 8.36. The Morgan fingerprint density at radius 3 is 2.23 bits per heavy atom. The van der Waals surface area contributed by atoms with Crippen LogP contribution in [0.15, 0.2) is 48.8 Å². The number of nitrogen functional groups attached to an aromatic ring is 1. The van der Waals surface area contributed by atoms with Gasteiger partial charge in [-0.1, -0.05) is 13.8 Å². The molecule has 140 valence electrons. The average Bonchev–Trinajstić information content (AvgIpc) is 2.67. The third kappa shape index (κ3) is 7.76. The van der Waals surface area contributed by atoms with Crippen molar-refractivity contribution in [1.82, 2.24) is 9.88 Å². The number of rotatable bonds is 7. The summed E-state index contributed by atoms with van der Waals surface area (Å²) in [5.41, 5.74) is 6.95. The monoisotopic (exact) mass is 359 g/mol. The van der Waals surface area contributed by atoms with Gasteiger partial charge in [0.15, 0.2) is 0 Å². The molecule has 0 amide bonds. The van der Waals surface area contributed by atoms with Crippen LogP contribution in [-0.2, 0) is 4.74 Å². The van der Waals surface area contributed by atoms with E-state index in [9.17, 15) is 9.59 Å². The van der Waals surface area contributed by atoms with E-state index in [1.807, 2.05) is 0 Å². The van der Waals surface area contributed by atoms with E-state index in [0.29, 0.717) is 17.9 Å². The van der Waals surface area contributed by atoms with Crippen LogP contribution < -0.4 is 5.73 Å². The number of carboxylic acids is 1. The summed E-state index contributed by atoms with van der Waals surface area (Å²) in [6, 6.07) is 9.82. The summed E-state index contributed by atoms with van der Waals surface area (Å²) in [5.74, 6) is -1.24. The molecule has 0 aliphatic heterocycles. The van der Waals surface area contributed by atoms with Gasteiger partial charge in [-0.15, -0.1) is 0 Å². The molecule has 0 unspecified atom stereocenters. The van der Waals surface area contributed by atoms with Crippen molar-refractivity contribution in [2.24, 2.45) is 0 Å². The van der Waals surface area contributed by atoms with Gasteiger partial charge in [-0.05, 0) is 49.5 Å². The van der Waals surface area contributed by atoms with Crippen LogP contribution in [0.3, 0.4) is 0 Å². The highest BCUT2D eigenvalue weighted by Gasteiger charge is 2.07. The molecule has 0 saturated carbocycles. The van der Waals surface area contributed by atoms with Gasteiger partial charge in [0.1, 0.15) is 6.61 Å². The van der Waals surface area contributed by atoms with Crippen LogP contribution in [0.1, 0.15) is 34.6 Å². The molecule has 2 rings (SSSR count). The van der Waals surface area contributed by atoms with E-state index < -0.39 is 5.97 Å². The molecule has 7 nitrogen and oxygen atoms in total. The summed E-state index contributed by atoms with van der Waals surface area (Å²) < 4.78 is 5.18. The number of aromatic nitrogens is 1. The molecule has 3 N–H and O–H groups in total. The maximum atomic E-state index is 11.6. The third-order valence-corrected chi connectivity index (χ3v) is 3.59. The Morgan fingerprint density at radius 2 is 1.77 bits per heavy atom. The zero-order valence-electron chi connectivity index (χ0n) is 15.1. The number of carbonyl (C=O) groups is 2. The van der Waals surface area contributed by atoms with Crippen LogP contribution >= 0.6 is 0 Å². The molecule has 0 aliphatic carbocycles. The van der Waals surface area contributed by atoms with Crippen LogP contribution in [0.2, 0.25) is 0 Å². The number of esters is 1. The topological polar surface area (TPSA) is 106 Å². The largest absolute Gasteiger partial charge is 0.478 e. The van der Waals surface area contributed by atoms with Crippen molar-refractivity contribution in [2.75, 3.05) is 32.0 Å². The molecule has 0 fully saturated rings. The minimum atomic E-state index is -0.942. The Labute approximate surface area is 153 Å². The van der Waals surface area contributed by atoms with E-state index in [4.69, 9.17) is 15.6 Å². The molecule has 7 heteroatoms. The summed E-state index contributed by atoms with van der Waals surface area (Å²) in [6.07, 6.45) is 2.84. The molecular formula is C19H25N3O4. The summed E-state index contributed by atoms with van der Waals surface area (Å²) in [4.78, 5) is 27.6. The lowest BCUT2D eigenvalue weighted by atomic mass is 10.2. The van der Waals surface area contributed by atoms with E-state index in [1.165, 1.54) is 18.5 Å². The van der Waals surface area contributed by atoms with Crippen molar-refractivity contribution < 1.29 is 19.4 Å². The minimum absolute atomic E-state index is 0.220. The van der Waals surface area contributed by atoms with Crippen LogP contribution in [0.25, 0.3) is 0 Å². The fraction of sp³-hybridized carbons (Fsp3) is 0.316. The first-order valence-corrected chi connectivity index (χ1v) is 8.36. The predicted molar refractivity (Wildman–Crippen MR) is 100 cm³/mol. The number of anilines is 1. The molecule has 0 aliphatic rings. The molecule has 0 spiro atoms. The molecule has 26 heavy (non-hydrogen) atoms. The highest BCUT2D eigenvalue weighted by Crippen LogP contribution is 2.06. The maximum Gasteiger partial charge on any atom is 0.338 e. The first kappa shape index (κ1) is 21.1. The zero-order valence-corrected chi connectivity index (χ0v) is 15.1. The SMILES string of the molecule is CCN(CC)CCOC(=O)c1ccc(N)cc1.O=C(O)c1cccnc1. The van der Waals surface area contributed by atoms with Gasteiger partial charge in [-0.3, -0.25) is 4.98 Å². The predicted octanol–water partition coefficient (Wildman–Crippen LogP) is 2.55. The molecule has 0 radical (unpaired) electrons. The van der Waals surface area contributed by atoms with Crippen molar-refractivity contribution >= 4 is 17.6 Å². The maximum absolute atomic E-state index is 11.6. The smallest absolute Gasteiger partial charge is 0.338 e. The minimum Gasteiger partial charge on any atom is -0.478 e. The van der Waals surface area contributed by atoms with E-state index in [2.05, 4.69) is 23.7 Å². The number of carbonyl (C=O) groups excluding carboxylic acids is 1. The summed E-state index contributed by atoms with van der Waals surface area (Å²) >= 11 is 0. The Bertz CT molecular complexity index is 671. The Hall–Kier alpha value is -2.93. The number of aromatic carboxylic acids is 1. The zero-order chi connectivity index (χ0) is 19.4. The molecule has 0 bridgehead atoms. The summed E-state index contributed by atoms with van der Waals surface area (Å²) in [5, 5.41) is 8.34. The van der Waals surface area contributed by atoms with Crippen molar-refractivity contribution in [3.05, 3.63) is 59.9 Å². The lowest BCUT2D eigenvalue weighted by molar-refractivity contribution is 0.0466. The summed E-state index contributed by atoms with van der Waals surface area (Å²) in [6.45, 7) is 7.31. The number of likely N-dealkylation sites (N-methyl/N-ethyl adjacent to an activating group) is 1. The number of hydrogen-bond acceptors (Lipinski definition) is 6. The molecule has 1 aromatic carbocycles. The van der Waals surface area contributed by atoms with Gasteiger partial charge in [0, 0.05) is 24.6 Å².